The first-order valence-corrected chi connectivity index (χ1v) is 6.17. The van der Waals surface area contributed by atoms with Gasteiger partial charge < -0.3 is 9.52 Å². The zero-order valence-corrected chi connectivity index (χ0v) is 11.2. The minimum absolute atomic E-state index is 0.00849. The van der Waals surface area contributed by atoms with Gasteiger partial charge in [-0.3, -0.25) is 0 Å². The fourth-order valence-corrected chi connectivity index (χ4v) is 2.21. The third-order valence-corrected chi connectivity index (χ3v) is 3.34. The largest absolute Gasteiger partial charge is 0.478 e. The molecule has 94 valence electrons. The molecular formula is C11H9ClN2O3S. The predicted octanol–water partition coefficient (Wildman–Crippen LogP) is 3.19. The quantitative estimate of drug-likeness (QED) is 0.933. The molecule has 0 aromatic carbocycles. The number of aromatic nitrogens is 2. The molecule has 2 aromatic heterocycles. The van der Waals surface area contributed by atoms with Gasteiger partial charge in [-0.05, 0) is 31.7 Å². The van der Waals surface area contributed by atoms with Crippen LogP contribution in [0.5, 0.6) is 0 Å². The summed E-state index contributed by atoms with van der Waals surface area (Å²) >= 11 is 6.88. The van der Waals surface area contributed by atoms with E-state index in [2.05, 4.69) is 9.97 Å². The second-order valence-corrected chi connectivity index (χ2v) is 4.91. The fourth-order valence-electron chi connectivity index (χ4n) is 1.22. The summed E-state index contributed by atoms with van der Waals surface area (Å²) in [4.78, 5) is 19.1. The lowest BCUT2D eigenvalue weighted by Gasteiger charge is -2.00. The molecule has 0 amide bonds. The molecule has 18 heavy (non-hydrogen) atoms. The van der Waals surface area contributed by atoms with Crippen molar-refractivity contribution in [2.75, 3.05) is 0 Å². The Morgan fingerprint density at radius 3 is 2.78 bits per heavy atom. The second kappa shape index (κ2) is 4.99. The summed E-state index contributed by atoms with van der Waals surface area (Å²) in [6.07, 6.45) is 1.30. The lowest BCUT2D eigenvalue weighted by molar-refractivity contribution is 0.0696. The molecule has 0 aliphatic rings. The van der Waals surface area contributed by atoms with E-state index in [1.54, 1.807) is 0 Å². The molecule has 0 aliphatic heterocycles. The summed E-state index contributed by atoms with van der Waals surface area (Å²) in [5.41, 5.74) is 0.805. The molecule has 0 spiro atoms. The third kappa shape index (κ3) is 2.65. The molecule has 5 nitrogen and oxygen atoms in total. The number of oxazole rings is 1. The average molecular weight is 285 g/mol. The first-order chi connectivity index (χ1) is 8.47. The molecule has 2 heterocycles. The Bertz CT molecular complexity index is 593. The Hall–Kier alpha value is -1.53. The van der Waals surface area contributed by atoms with E-state index in [4.69, 9.17) is 21.1 Å². The van der Waals surface area contributed by atoms with Gasteiger partial charge in [0, 0.05) is 6.20 Å². The lowest BCUT2D eigenvalue weighted by atomic mass is 10.3. The first kappa shape index (κ1) is 12.9. The van der Waals surface area contributed by atoms with E-state index in [1.807, 2.05) is 13.8 Å². The maximum Gasteiger partial charge on any atom is 0.337 e. The van der Waals surface area contributed by atoms with Crippen molar-refractivity contribution in [3.05, 3.63) is 34.3 Å². The van der Waals surface area contributed by atoms with E-state index in [9.17, 15) is 4.79 Å². The van der Waals surface area contributed by atoms with Gasteiger partial charge in [-0.25, -0.2) is 14.8 Å². The summed E-state index contributed by atoms with van der Waals surface area (Å²) in [6.45, 7) is 3.64. The predicted molar refractivity (Wildman–Crippen MR) is 66.3 cm³/mol. The van der Waals surface area contributed by atoms with E-state index in [-0.39, 0.29) is 10.6 Å². The zero-order valence-electron chi connectivity index (χ0n) is 9.60. The number of carboxylic acid groups (broad SMARTS) is 1. The van der Waals surface area contributed by atoms with Crippen LogP contribution in [0.4, 0.5) is 0 Å². The average Bonchev–Trinajstić information content (AvgIpc) is 2.60. The molecule has 0 fully saturated rings. The second-order valence-electron chi connectivity index (χ2n) is 3.53. The van der Waals surface area contributed by atoms with Crippen molar-refractivity contribution in [3.8, 4) is 0 Å². The Kier molecular flexibility index (Phi) is 3.58. The Balaban J connectivity index is 2.29. The van der Waals surface area contributed by atoms with Gasteiger partial charge in [-0.1, -0.05) is 11.6 Å². The van der Waals surface area contributed by atoms with Crippen LogP contribution in [0.25, 0.3) is 0 Å². The number of aryl methyl sites for hydroxylation is 2. The van der Waals surface area contributed by atoms with E-state index < -0.39 is 5.97 Å². The molecule has 0 bridgehead atoms. The monoisotopic (exact) mass is 284 g/mol. The maximum absolute atomic E-state index is 10.9. The van der Waals surface area contributed by atoms with Gasteiger partial charge >= 0.3 is 5.97 Å². The number of halogens is 1. The topological polar surface area (TPSA) is 76.2 Å². The van der Waals surface area contributed by atoms with Gasteiger partial charge in [0.05, 0.1) is 16.3 Å². The summed E-state index contributed by atoms with van der Waals surface area (Å²) < 4.78 is 5.38. The fraction of sp³-hybridized carbons (Fsp3) is 0.182. The minimum atomic E-state index is -1.09. The van der Waals surface area contributed by atoms with Crippen molar-refractivity contribution in [3.63, 3.8) is 0 Å². The van der Waals surface area contributed by atoms with E-state index in [0.717, 1.165) is 23.2 Å². The van der Waals surface area contributed by atoms with Crippen LogP contribution < -0.4 is 0 Å². The highest BCUT2D eigenvalue weighted by atomic mass is 35.5. The number of carboxylic acids is 1. The number of hydrogen-bond donors (Lipinski definition) is 1. The van der Waals surface area contributed by atoms with Crippen molar-refractivity contribution in [1.29, 1.82) is 0 Å². The molecule has 0 atom stereocenters. The molecule has 7 heteroatoms. The van der Waals surface area contributed by atoms with E-state index in [0.29, 0.717) is 10.2 Å². The molecule has 2 aromatic rings. The third-order valence-electron chi connectivity index (χ3n) is 2.26. The van der Waals surface area contributed by atoms with Crippen LogP contribution in [0.3, 0.4) is 0 Å². The van der Waals surface area contributed by atoms with E-state index >= 15 is 0 Å². The number of pyridine rings is 1. The van der Waals surface area contributed by atoms with Crippen LogP contribution in [-0.2, 0) is 0 Å². The standard InChI is InChI=1S/C11H9ClN2O3S/c1-5-6(2)17-11(14-5)18-9-3-7(10(15)16)8(12)4-13-9/h3-4H,1-2H3,(H,15,16). The van der Waals surface area contributed by atoms with Crippen LogP contribution >= 0.6 is 23.4 Å². The first-order valence-electron chi connectivity index (χ1n) is 4.98. The highest BCUT2D eigenvalue weighted by Crippen LogP contribution is 2.29. The minimum Gasteiger partial charge on any atom is -0.478 e. The van der Waals surface area contributed by atoms with Crippen LogP contribution in [-0.4, -0.2) is 21.0 Å². The molecular weight excluding hydrogens is 276 g/mol. The smallest absolute Gasteiger partial charge is 0.337 e. The molecule has 0 radical (unpaired) electrons. The van der Waals surface area contributed by atoms with Gasteiger partial charge in [0.15, 0.2) is 0 Å². The van der Waals surface area contributed by atoms with Gasteiger partial charge in [0.25, 0.3) is 5.22 Å². The normalized spacial score (nSPS) is 10.6. The highest BCUT2D eigenvalue weighted by molar-refractivity contribution is 7.99. The lowest BCUT2D eigenvalue weighted by Crippen LogP contribution is -1.98. The van der Waals surface area contributed by atoms with Gasteiger partial charge in [-0.15, -0.1) is 0 Å². The molecule has 0 saturated heterocycles. The zero-order chi connectivity index (χ0) is 13.3. The molecule has 2 rings (SSSR count). The number of nitrogens with zero attached hydrogens (tertiary/aromatic N) is 2. The number of hydrogen-bond acceptors (Lipinski definition) is 5. The number of rotatable bonds is 3. The van der Waals surface area contributed by atoms with Crippen LogP contribution in [0, 0.1) is 13.8 Å². The van der Waals surface area contributed by atoms with Gasteiger partial charge in [0.1, 0.15) is 10.8 Å². The molecule has 0 saturated carbocycles. The van der Waals surface area contributed by atoms with Crippen molar-refractivity contribution >= 4 is 29.3 Å². The van der Waals surface area contributed by atoms with E-state index in [1.165, 1.54) is 12.3 Å². The molecule has 0 aliphatic carbocycles. The van der Waals surface area contributed by atoms with Gasteiger partial charge in [0.2, 0.25) is 0 Å². The summed E-state index contributed by atoms with van der Waals surface area (Å²) in [6, 6.07) is 1.39. The Morgan fingerprint density at radius 2 is 2.22 bits per heavy atom. The number of carbonyl (C=O) groups is 1. The van der Waals surface area contributed by atoms with Crippen molar-refractivity contribution in [1.82, 2.24) is 9.97 Å². The highest BCUT2D eigenvalue weighted by Gasteiger charge is 2.13. The SMILES string of the molecule is Cc1nc(Sc2cc(C(=O)O)c(Cl)cn2)oc1C. The number of aromatic carboxylic acids is 1. The van der Waals surface area contributed by atoms with Gasteiger partial charge in [-0.2, -0.15) is 0 Å². The maximum atomic E-state index is 10.9. The van der Waals surface area contributed by atoms with Crippen molar-refractivity contribution < 1.29 is 14.3 Å². The molecule has 1 N–H and O–H groups in total. The van der Waals surface area contributed by atoms with Crippen LogP contribution in [0.15, 0.2) is 26.9 Å². The van der Waals surface area contributed by atoms with Crippen molar-refractivity contribution in [2.45, 2.75) is 24.1 Å². The molecule has 0 unspecified atom stereocenters. The Labute approximate surface area is 112 Å². The Morgan fingerprint density at radius 1 is 1.50 bits per heavy atom. The van der Waals surface area contributed by atoms with Crippen LogP contribution in [0.2, 0.25) is 5.02 Å². The summed E-state index contributed by atoms with van der Waals surface area (Å²) in [7, 11) is 0. The summed E-state index contributed by atoms with van der Waals surface area (Å²) in [5, 5.41) is 9.94. The summed E-state index contributed by atoms with van der Waals surface area (Å²) in [5.74, 6) is -0.367. The van der Waals surface area contributed by atoms with Crippen molar-refractivity contribution in [2.24, 2.45) is 0 Å². The van der Waals surface area contributed by atoms with Crippen LogP contribution in [0.1, 0.15) is 21.8 Å².